The van der Waals surface area contributed by atoms with Crippen molar-refractivity contribution in [2.24, 2.45) is 0 Å². The summed E-state index contributed by atoms with van der Waals surface area (Å²) in [6.45, 7) is 0. The zero-order valence-electron chi connectivity index (χ0n) is 18.5. The number of para-hydroxylation sites is 1. The monoisotopic (exact) mass is 474 g/mol. The molecule has 12 nitrogen and oxygen atoms in total. The van der Waals surface area contributed by atoms with Crippen LogP contribution in [0.4, 0.5) is 28.7 Å². The number of nitrogens with zero attached hydrogens (tertiary/aromatic N) is 4. The smallest absolute Gasteiger partial charge is 0.353 e. The van der Waals surface area contributed by atoms with Crippen LogP contribution in [-0.2, 0) is 9.47 Å². The van der Waals surface area contributed by atoms with Gasteiger partial charge in [-0.3, -0.25) is 15.1 Å². The summed E-state index contributed by atoms with van der Waals surface area (Å²) in [6, 6.07) is 13.0. The number of aromatic nitrogens is 3. The van der Waals surface area contributed by atoms with Crippen molar-refractivity contribution in [2.45, 2.75) is 0 Å². The summed E-state index contributed by atoms with van der Waals surface area (Å²) in [5.74, 6) is -1.66. The summed E-state index contributed by atoms with van der Waals surface area (Å²) in [6.07, 6.45) is 2.75. The molecular weight excluding hydrogens is 456 g/mol. The van der Waals surface area contributed by atoms with E-state index in [4.69, 9.17) is 9.47 Å². The van der Waals surface area contributed by atoms with Crippen LogP contribution in [0.5, 0.6) is 0 Å². The highest BCUT2D eigenvalue weighted by molar-refractivity contribution is 5.97. The summed E-state index contributed by atoms with van der Waals surface area (Å²) in [4.78, 5) is 47.9. The van der Waals surface area contributed by atoms with E-state index in [1.807, 2.05) is 12.1 Å². The summed E-state index contributed by atoms with van der Waals surface area (Å²) in [7, 11) is 2.38. The molecule has 0 aliphatic heterocycles. The number of ether oxygens (including phenoxy) is 2. The zero-order valence-corrected chi connectivity index (χ0v) is 18.5. The minimum absolute atomic E-state index is 0.0368. The lowest BCUT2D eigenvalue weighted by Crippen LogP contribution is -2.09. The van der Waals surface area contributed by atoms with Crippen molar-refractivity contribution in [3.05, 3.63) is 82.3 Å². The van der Waals surface area contributed by atoms with Crippen LogP contribution in [0.15, 0.2) is 61.1 Å². The molecule has 0 aliphatic rings. The van der Waals surface area contributed by atoms with Crippen molar-refractivity contribution in [2.75, 3.05) is 24.9 Å². The number of carbonyl (C=O) groups is 2. The molecule has 176 valence electrons. The fraction of sp³-hybridized carbons (Fsp3) is 0.0870. The maximum absolute atomic E-state index is 12.1. The van der Waals surface area contributed by atoms with Gasteiger partial charge in [0, 0.05) is 17.3 Å². The van der Waals surface area contributed by atoms with Crippen molar-refractivity contribution in [1.82, 2.24) is 15.0 Å². The molecule has 12 heteroatoms. The molecule has 2 aromatic carbocycles. The van der Waals surface area contributed by atoms with Crippen LogP contribution in [0, 0.1) is 10.1 Å². The minimum Gasteiger partial charge on any atom is -0.465 e. The molecule has 0 bridgehead atoms. The molecule has 2 N–H and O–H groups in total. The van der Waals surface area contributed by atoms with Gasteiger partial charge in [-0.25, -0.2) is 19.6 Å². The van der Waals surface area contributed by atoms with Gasteiger partial charge >= 0.3 is 17.6 Å². The lowest BCUT2D eigenvalue weighted by molar-refractivity contribution is -0.383. The number of pyridine rings is 1. The van der Waals surface area contributed by atoms with E-state index >= 15 is 0 Å². The van der Waals surface area contributed by atoms with E-state index < -0.39 is 22.5 Å². The van der Waals surface area contributed by atoms with Gasteiger partial charge in [-0.05, 0) is 30.3 Å². The fourth-order valence-corrected chi connectivity index (χ4v) is 3.38. The van der Waals surface area contributed by atoms with Gasteiger partial charge in [-0.15, -0.1) is 0 Å². The van der Waals surface area contributed by atoms with E-state index in [0.717, 1.165) is 11.7 Å². The average molecular weight is 474 g/mol. The third-order valence-corrected chi connectivity index (χ3v) is 4.93. The molecule has 0 amide bonds. The van der Waals surface area contributed by atoms with Crippen molar-refractivity contribution < 1.29 is 24.0 Å². The van der Waals surface area contributed by atoms with E-state index in [1.54, 1.807) is 24.4 Å². The molecule has 0 unspecified atom stereocenters. The van der Waals surface area contributed by atoms with Gasteiger partial charge in [0.25, 0.3) is 0 Å². The molecule has 0 saturated carbocycles. The molecule has 0 fully saturated rings. The Hall–Kier alpha value is -5.13. The van der Waals surface area contributed by atoms with Crippen LogP contribution in [-0.4, -0.2) is 46.0 Å². The van der Waals surface area contributed by atoms with Gasteiger partial charge in [0.1, 0.15) is 6.33 Å². The lowest BCUT2D eigenvalue weighted by atomic mass is 10.1. The first-order chi connectivity index (χ1) is 16.9. The molecule has 4 aromatic rings. The van der Waals surface area contributed by atoms with Crippen LogP contribution >= 0.6 is 0 Å². The predicted octanol–water partition coefficient (Wildman–Crippen LogP) is 3.99. The Labute approximate surface area is 198 Å². The topological polar surface area (TPSA) is 158 Å². The number of nitrogens with one attached hydrogen (secondary N) is 2. The Balaban J connectivity index is 1.77. The second-order valence-electron chi connectivity index (χ2n) is 7.09. The van der Waals surface area contributed by atoms with E-state index in [0.29, 0.717) is 11.2 Å². The molecule has 2 aromatic heterocycles. The normalized spacial score (nSPS) is 10.5. The quantitative estimate of drug-likeness (QED) is 0.226. The number of anilines is 4. The number of benzene rings is 2. The third-order valence-electron chi connectivity index (χ3n) is 4.93. The summed E-state index contributed by atoms with van der Waals surface area (Å²) in [5.41, 5.74) is 0.906. The van der Waals surface area contributed by atoms with Crippen molar-refractivity contribution >= 4 is 51.5 Å². The molecule has 2 heterocycles. The van der Waals surface area contributed by atoms with Gasteiger partial charge in [0.05, 0.1) is 41.5 Å². The Morgan fingerprint density at radius 1 is 0.886 bits per heavy atom. The summed E-state index contributed by atoms with van der Waals surface area (Å²) < 4.78 is 9.45. The molecule has 0 atom stereocenters. The molecule has 0 saturated heterocycles. The molecular formula is C23H18N6O6. The number of carbonyl (C=O) groups excluding carboxylic acids is 2. The van der Waals surface area contributed by atoms with Gasteiger partial charge in [0.2, 0.25) is 11.6 Å². The molecule has 0 aliphatic carbocycles. The maximum atomic E-state index is 12.1. The number of hydrogen-bond acceptors (Lipinski definition) is 11. The van der Waals surface area contributed by atoms with E-state index in [1.165, 1.54) is 32.4 Å². The van der Waals surface area contributed by atoms with Gasteiger partial charge in [-0.1, -0.05) is 18.2 Å². The largest absolute Gasteiger partial charge is 0.465 e. The highest BCUT2D eigenvalue weighted by Gasteiger charge is 2.25. The number of rotatable bonds is 7. The van der Waals surface area contributed by atoms with E-state index in [-0.39, 0.29) is 28.5 Å². The first kappa shape index (κ1) is 23.0. The number of fused-ring (bicyclic) bond motifs is 1. The van der Waals surface area contributed by atoms with Crippen LogP contribution < -0.4 is 10.6 Å². The third kappa shape index (κ3) is 4.80. The molecule has 0 radical (unpaired) electrons. The number of methoxy groups -OCH3 is 2. The van der Waals surface area contributed by atoms with E-state index in [2.05, 4.69) is 25.6 Å². The number of hydrogen-bond donors (Lipinski definition) is 2. The number of nitro groups is 1. The summed E-state index contributed by atoms with van der Waals surface area (Å²) >= 11 is 0. The molecule has 4 rings (SSSR count). The molecule has 0 spiro atoms. The first-order valence-corrected chi connectivity index (χ1v) is 10.1. The second-order valence-corrected chi connectivity index (χ2v) is 7.09. The lowest BCUT2D eigenvalue weighted by Gasteiger charge is -2.12. The van der Waals surface area contributed by atoms with E-state index in [9.17, 15) is 19.7 Å². The van der Waals surface area contributed by atoms with Crippen LogP contribution in [0.25, 0.3) is 10.9 Å². The second kappa shape index (κ2) is 9.79. The molecule has 35 heavy (non-hydrogen) atoms. The fourth-order valence-electron chi connectivity index (χ4n) is 3.38. The van der Waals surface area contributed by atoms with Crippen LogP contribution in [0.2, 0.25) is 0 Å². The standard InChI is InChI=1S/C23H18N6O6/c1-34-22(30)14-9-15(23(31)35-2)11-16(10-14)27-20-19(29(32)33)21(26-12-25-20)28-17-7-3-5-13-6-4-8-24-18(13)17/h3-12H,1-2H3,(H2,25,26,27,28). The van der Waals surface area contributed by atoms with Crippen molar-refractivity contribution in [1.29, 1.82) is 0 Å². The van der Waals surface area contributed by atoms with Gasteiger partial charge in [0.15, 0.2) is 0 Å². The Bertz CT molecular complexity index is 1420. The summed E-state index contributed by atoms with van der Waals surface area (Å²) in [5, 5.41) is 18.6. The van der Waals surface area contributed by atoms with Gasteiger partial charge < -0.3 is 20.1 Å². The maximum Gasteiger partial charge on any atom is 0.353 e. The number of esters is 2. The highest BCUT2D eigenvalue weighted by atomic mass is 16.6. The average Bonchev–Trinajstić information content (AvgIpc) is 2.87. The minimum atomic E-state index is -0.707. The Kier molecular flexibility index (Phi) is 6.44. The SMILES string of the molecule is COC(=O)c1cc(Nc2ncnc(Nc3cccc4cccnc34)c2[N+](=O)[O-])cc(C(=O)OC)c1. The Morgan fingerprint density at radius 3 is 2.14 bits per heavy atom. The highest BCUT2D eigenvalue weighted by Crippen LogP contribution is 2.34. The van der Waals surface area contributed by atoms with Crippen molar-refractivity contribution in [3.8, 4) is 0 Å². The van der Waals surface area contributed by atoms with Crippen molar-refractivity contribution in [3.63, 3.8) is 0 Å². The first-order valence-electron chi connectivity index (χ1n) is 10.1. The van der Waals surface area contributed by atoms with Gasteiger partial charge in [-0.2, -0.15) is 0 Å². The zero-order chi connectivity index (χ0) is 24.9. The predicted molar refractivity (Wildman–Crippen MR) is 126 cm³/mol. The van der Waals surface area contributed by atoms with Crippen LogP contribution in [0.3, 0.4) is 0 Å². The Morgan fingerprint density at radius 2 is 1.51 bits per heavy atom. The van der Waals surface area contributed by atoms with Crippen LogP contribution in [0.1, 0.15) is 20.7 Å².